The summed E-state index contributed by atoms with van der Waals surface area (Å²) in [5.41, 5.74) is 0.692. The summed E-state index contributed by atoms with van der Waals surface area (Å²) in [4.78, 5) is 25.3. The first-order valence-electron chi connectivity index (χ1n) is 6.07. The molecule has 0 aliphatic heterocycles. The van der Waals surface area contributed by atoms with E-state index in [-0.39, 0.29) is 18.0 Å². The zero-order valence-corrected chi connectivity index (χ0v) is 11.1. The van der Waals surface area contributed by atoms with Gasteiger partial charge in [0.15, 0.2) is 6.61 Å². The smallest absolute Gasteiger partial charge is 0.354 e. The predicted molar refractivity (Wildman–Crippen MR) is 73.0 cm³/mol. The van der Waals surface area contributed by atoms with Gasteiger partial charge in [-0.3, -0.25) is 4.79 Å². The number of carboxylic acids is 1. The van der Waals surface area contributed by atoms with Crippen LogP contribution in [-0.2, 0) is 4.79 Å². The minimum Gasteiger partial charge on any atom is -0.484 e. The number of rotatable bonds is 5. The molecule has 0 fully saturated rings. The highest BCUT2D eigenvalue weighted by atomic mass is 19.1. The Morgan fingerprint density at radius 3 is 2.62 bits per heavy atom. The molecule has 0 aliphatic carbocycles. The molecule has 0 bridgehead atoms. The van der Waals surface area contributed by atoms with Gasteiger partial charge >= 0.3 is 5.97 Å². The Morgan fingerprint density at radius 2 is 2.00 bits per heavy atom. The molecule has 3 N–H and O–H groups in total. The van der Waals surface area contributed by atoms with Crippen LogP contribution >= 0.6 is 0 Å². The average Bonchev–Trinajstić information content (AvgIpc) is 2.79. The summed E-state index contributed by atoms with van der Waals surface area (Å²) < 4.78 is 17.9. The van der Waals surface area contributed by atoms with Gasteiger partial charge in [-0.05, 0) is 37.3 Å². The largest absolute Gasteiger partial charge is 0.484 e. The van der Waals surface area contributed by atoms with Crippen LogP contribution in [0.25, 0.3) is 0 Å². The van der Waals surface area contributed by atoms with Crippen molar-refractivity contribution in [2.24, 2.45) is 0 Å². The van der Waals surface area contributed by atoms with Crippen molar-refractivity contribution in [3.05, 3.63) is 47.5 Å². The number of carboxylic acid groups (broad SMARTS) is 1. The number of hydrogen-bond donors (Lipinski definition) is 3. The van der Waals surface area contributed by atoms with Crippen LogP contribution < -0.4 is 10.1 Å². The number of hydrogen-bond acceptors (Lipinski definition) is 3. The second-order valence-corrected chi connectivity index (χ2v) is 4.34. The highest BCUT2D eigenvalue weighted by Gasteiger charge is 2.15. The van der Waals surface area contributed by atoms with Crippen molar-refractivity contribution in [3.8, 4) is 5.75 Å². The van der Waals surface area contributed by atoms with Crippen molar-refractivity contribution in [3.63, 3.8) is 0 Å². The molecule has 1 amide bonds. The van der Waals surface area contributed by atoms with Crippen LogP contribution in [0.15, 0.2) is 30.3 Å². The number of ether oxygens (including phenoxy) is 1. The number of halogens is 1. The number of nitrogens with one attached hydrogen (secondary N) is 2. The van der Waals surface area contributed by atoms with Gasteiger partial charge < -0.3 is 20.1 Å². The Hall–Kier alpha value is -2.83. The first-order chi connectivity index (χ1) is 9.95. The first-order valence-corrected chi connectivity index (χ1v) is 6.07. The maximum Gasteiger partial charge on any atom is 0.354 e. The number of carbonyl (C=O) groups excluding carboxylic acids is 1. The van der Waals surface area contributed by atoms with Crippen molar-refractivity contribution < 1.29 is 23.8 Å². The molecular weight excluding hydrogens is 279 g/mol. The van der Waals surface area contributed by atoms with Crippen molar-refractivity contribution >= 4 is 17.6 Å². The molecule has 0 saturated carbocycles. The summed E-state index contributed by atoms with van der Waals surface area (Å²) in [5.74, 6) is -1.74. The maximum atomic E-state index is 12.7. The van der Waals surface area contributed by atoms with Gasteiger partial charge in [0.05, 0.1) is 5.69 Å². The van der Waals surface area contributed by atoms with Crippen molar-refractivity contribution in [2.75, 3.05) is 11.9 Å². The van der Waals surface area contributed by atoms with Crippen LogP contribution in [-0.4, -0.2) is 28.6 Å². The third kappa shape index (κ3) is 3.82. The van der Waals surface area contributed by atoms with E-state index in [1.807, 2.05) is 0 Å². The van der Waals surface area contributed by atoms with Crippen LogP contribution in [0.3, 0.4) is 0 Å². The van der Waals surface area contributed by atoms with E-state index in [1.165, 1.54) is 30.3 Å². The number of aromatic carboxylic acids is 1. The molecule has 2 rings (SSSR count). The first kappa shape index (κ1) is 14.6. The van der Waals surface area contributed by atoms with E-state index in [0.29, 0.717) is 11.4 Å². The van der Waals surface area contributed by atoms with Crippen LogP contribution in [0.1, 0.15) is 16.2 Å². The molecule has 0 spiro atoms. The monoisotopic (exact) mass is 292 g/mol. The number of aromatic nitrogens is 1. The fourth-order valence-electron chi connectivity index (χ4n) is 1.72. The number of anilines is 1. The second-order valence-electron chi connectivity index (χ2n) is 4.34. The summed E-state index contributed by atoms with van der Waals surface area (Å²) in [6, 6.07) is 6.73. The van der Waals surface area contributed by atoms with Gasteiger partial charge in [-0.15, -0.1) is 0 Å². The molecule has 1 aromatic heterocycles. The van der Waals surface area contributed by atoms with Gasteiger partial charge in [0, 0.05) is 5.69 Å². The Labute approximate surface area is 119 Å². The molecule has 21 heavy (non-hydrogen) atoms. The molecule has 0 unspecified atom stereocenters. The SMILES string of the molecule is Cc1cc(NC(=O)COc2ccc(F)cc2)c(C(=O)O)[nH]1. The van der Waals surface area contributed by atoms with E-state index in [4.69, 9.17) is 9.84 Å². The lowest BCUT2D eigenvalue weighted by atomic mass is 10.3. The third-order valence-corrected chi connectivity index (χ3v) is 2.62. The van der Waals surface area contributed by atoms with Gasteiger partial charge in [0.25, 0.3) is 5.91 Å². The van der Waals surface area contributed by atoms with Crippen LogP contribution in [0.4, 0.5) is 10.1 Å². The van der Waals surface area contributed by atoms with Gasteiger partial charge in [-0.1, -0.05) is 0 Å². The molecule has 110 valence electrons. The van der Waals surface area contributed by atoms with Gasteiger partial charge in [0.1, 0.15) is 17.3 Å². The average molecular weight is 292 g/mol. The van der Waals surface area contributed by atoms with Crippen LogP contribution in [0.2, 0.25) is 0 Å². The quantitative estimate of drug-likeness (QED) is 0.787. The maximum absolute atomic E-state index is 12.7. The zero-order chi connectivity index (χ0) is 15.4. The number of H-pyrrole nitrogens is 1. The molecular formula is C14H13FN2O4. The lowest BCUT2D eigenvalue weighted by Crippen LogP contribution is -2.21. The highest BCUT2D eigenvalue weighted by molar-refractivity contribution is 6.00. The molecule has 0 radical (unpaired) electrons. The fourth-order valence-corrected chi connectivity index (χ4v) is 1.72. The molecule has 0 atom stereocenters. The van der Waals surface area contributed by atoms with Crippen molar-refractivity contribution in [1.29, 1.82) is 0 Å². The Kier molecular flexibility index (Phi) is 4.22. The summed E-state index contributed by atoms with van der Waals surface area (Å²) >= 11 is 0. The van der Waals surface area contributed by atoms with Crippen LogP contribution in [0, 0.1) is 12.7 Å². The summed E-state index contributed by atoms with van der Waals surface area (Å²) in [7, 11) is 0. The Balaban J connectivity index is 1.96. The van der Waals surface area contributed by atoms with Gasteiger partial charge in [-0.25, -0.2) is 9.18 Å². The Bertz CT molecular complexity index is 664. The predicted octanol–water partition coefficient (Wildman–Crippen LogP) is 2.18. The zero-order valence-electron chi connectivity index (χ0n) is 11.1. The molecule has 7 heteroatoms. The van der Waals surface area contributed by atoms with E-state index in [0.717, 1.165) is 0 Å². The molecule has 2 aromatic rings. The van der Waals surface area contributed by atoms with E-state index in [1.54, 1.807) is 6.92 Å². The molecule has 6 nitrogen and oxygen atoms in total. The van der Waals surface area contributed by atoms with E-state index in [9.17, 15) is 14.0 Å². The number of benzene rings is 1. The van der Waals surface area contributed by atoms with E-state index in [2.05, 4.69) is 10.3 Å². The Morgan fingerprint density at radius 1 is 1.33 bits per heavy atom. The van der Waals surface area contributed by atoms with Crippen molar-refractivity contribution in [1.82, 2.24) is 4.98 Å². The molecule has 0 saturated heterocycles. The van der Waals surface area contributed by atoms with Crippen molar-refractivity contribution in [2.45, 2.75) is 6.92 Å². The summed E-state index contributed by atoms with van der Waals surface area (Å²) in [6.45, 7) is 1.37. The standard InChI is InChI=1S/C14H13FN2O4/c1-8-6-11(13(16-8)14(19)20)17-12(18)7-21-10-4-2-9(15)3-5-10/h2-6,16H,7H2,1H3,(H,17,18)(H,19,20). The minimum absolute atomic E-state index is 0.0948. The lowest BCUT2D eigenvalue weighted by Gasteiger charge is -2.07. The summed E-state index contributed by atoms with van der Waals surface area (Å²) in [6.07, 6.45) is 0. The number of amides is 1. The van der Waals surface area contributed by atoms with Gasteiger partial charge in [-0.2, -0.15) is 0 Å². The second kappa shape index (κ2) is 6.08. The fraction of sp³-hybridized carbons (Fsp3) is 0.143. The molecule has 1 heterocycles. The van der Waals surface area contributed by atoms with E-state index >= 15 is 0 Å². The van der Waals surface area contributed by atoms with Gasteiger partial charge in [0.2, 0.25) is 0 Å². The van der Waals surface area contributed by atoms with E-state index < -0.39 is 17.7 Å². The highest BCUT2D eigenvalue weighted by Crippen LogP contribution is 2.17. The number of carbonyl (C=O) groups is 2. The number of aryl methyl sites for hydroxylation is 1. The molecule has 1 aromatic carbocycles. The normalized spacial score (nSPS) is 10.2. The summed E-state index contributed by atoms with van der Waals surface area (Å²) in [5, 5.41) is 11.4. The third-order valence-electron chi connectivity index (χ3n) is 2.62. The molecule has 0 aliphatic rings. The lowest BCUT2D eigenvalue weighted by molar-refractivity contribution is -0.118. The number of aromatic amines is 1. The minimum atomic E-state index is -1.17. The van der Waals surface area contributed by atoms with Crippen LogP contribution in [0.5, 0.6) is 5.75 Å². The topological polar surface area (TPSA) is 91.4 Å².